The predicted molar refractivity (Wildman–Crippen MR) is 61.6 cm³/mol. The largest absolute Gasteiger partial charge is 0.497 e. The summed E-state index contributed by atoms with van der Waals surface area (Å²) in [7, 11) is 1.60. The molecule has 1 aliphatic rings. The zero-order valence-corrected chi connectivity index (χ0v) is 9.53. The first-order valence-corrected chi connectivity index (χ1v) is 5.39. The summed E-state index contributed by atoms with van der Waals surface area (Å²) in [4.78, 5) is 22.7. The number of amides is 2. The van der Waals surface area contributed by atoms with E-state index in [1.165, 1.54) is 0 Å². The van der Waals surface area contributed by atoms with Crippen LogP contribution < -0.4 is 15.4 Å². The van der Waals surface area contributed by atoms with Crippen molar-refractivity contribution in [3.8, 4) is 5.75 Å². The molecule has 0 spiro atoms. The Morgan fingerprint density at radius 2 is 2.00 bits per heavy atom. The number of benzene rings is 1. The van der Waals surface area contributed by atoms with Gasteiger partial charge in [-0.05, 0) is 17.7 Å². The van der Waals surface area contributed by atoms with Gasteiger partial charge in [-0.3, -0.25) is 9.59 Å². The van der Waals surface area contributed by atoms with E-state index < -0.39 is 6.04 Å². The lowest BCUT2D eigenvalue weighted by Gasteiger charge is -2.23. The molecule has 5 nitrogen and oxygen atoms in total. The summed E-state index contributed by atoms with van der Waals surface area (Å²) in [6.45, 7) is 0.0674. The van der Waals surface area contributed by atoms with E-state index in [1.54, 1.807) is 7.11 Å². The molecule has 17 heavy (non-hydrogen) atoms. The molecule has 0 aromatic heterocycles. The Bertz CT molecular complexity index is 428. The molecule has 2 amide bonds. The van der Waals surface area contributed by atoms with Crippen molar-refractivity contribution < 1.29 is 14.3 Å². The number of hydrogen-bond donors (Lipinski definition) is 2. The maximum atomic E-state index is 11.5. The average Bonchev–Trinajstić information content (AvgIpc) is 2.35. The molecule has 0 bridgehead atoms. The summed E-state index contributed by atoms with van der Waals surface area (Å²) in [5, 5.41) is 5.21. The molecule has 1 fully saturated rings. The molecule has 5 heteroatoms. The second-order valence-electron chi connectivity index (χ2n) is 3.89. The van der Waals surface area contributed by atoms with Gasteiger partial charge in [0.2, 0.25) is 11.8 Å². The van der Waals surface area contributed by atoms with Gasteiger partial charge >= 0.3 is 0 Å². The van der Waals surface area contributed by atoms with Crippen LogP contribution in [0.1, 0.15) is 5.56 Å². The van der Waals surface area contributed by atoms with Gasteiger partial charge in [0.05, 0.1) is 13.7 Å². The van der Waals surface area contributed by atoms with Crippen LogP contribution in [0.25, 0.3) is 0 Å². The van der Waals surface area contributed by atoms with Crippen molar-refractivity contribution in [2.24, 2.45) is 0 Å². The Kier molecular flexibility index (Phi) is 3.27. The number of nitrogens with one attached hydrogen (secondary N) is 2. The van der Waals surface area contributed by atoms with Crippen molar-refractivity contribution >= 4 is 11.8 Å². The standard InChI is InChI=1S/C12H14N2O3/c1-17-9-4-2-8(3-5-9)6-10-12(16)13-7-11(15)14-10/h2-5,10H,6-7H2,1H3,(H,13,16)(H,14,15)/t10-/m1/s1. The minimum Gasteiger partial charge on any atom is -0.497 e. The minimum atomic E-state index is -0.482. The van der Waals surface area contributed by atoms with Crippen molar-refractivity contribution in [3.05, 3.63) is 29.8 Å². The molecule has 2 N–H and O–H groups in total. The molecule has 0 saturated carbocycles. The summed E-state index contributed by atoms with van der Waals surface area (Å²) in [5.74, 6) is 0.481. The van der Waals surface area contributed by atoms with Crippen molar-refractivity contribution in [3.63, 3.8) is 0 Å². The number of ether oxygens (including phenoxy) is 1. The van der Waals surface area contributed by atoms with Gasteiger partial charge < -0.3 is 15.4 Å². The normalized spacial score (nSPS) is 19.5. The topological polar surface area (TPSA) is 67.4 Å². The van der Waals surface area contributed by atoms with Gasteiger partial charge in [0, 0.05) is 6.42 Å². The van der Waals surface area contributed by atoms with E-state index >= 15 is 0 Å². The van der Waals surface area contributed by atoms with E-state index in [9.17, 15) is 9.59 Å². The lowest BCUT2D eigenvalue weighted by molar-refractivity contribution is -0.133. The number of methoxy groups -OCH3 is 1. The van der Waals surface area contributed by atoms with Crippen LogP contribution in [0, 0.1) is 0 Å². The van der Waals surface area contributed by atoms with E-state index in [4.69, 9.17) is 4.74 Å². The number of carbonyl (C=O) groups is 2. The quantitative estimate of drug-likeness (QED) is 0.764. The summed E-state index contributed by atoms with van der Waals surface area (Å²) in [5.41, 5.74) is 0.980. The third-order valence-electron chi connectivity index (χ3n) is 2.67. The van der Waals surface area contributed by atoms with Crippen LogP contribution in [0.2, 0.25) is 0 Å². The fraction of sp³-hybridized carbons (Fsp3) is 0.333. The molecular formula is C12H14N2O3. The summed E-state index contributed by atoms with van der Waals surface area (Å²) < 4.78 is 5.05. The van der Waals surface area contributed by atoms with Gasteiger partial charge in [0.15, 0.2) is 0 Å². The lowest BCUT2D eigenvalue weighted by Crippen LogP contribution is -2.56. The van der Waals surface area contributed by atoms with Gasteiger partial charge in [-0.1, -0.05) is 12.1 Å². The van der Waals surface area contributed by atoms with Gasteiger partial charge in [-0.2, -0.15) is 0 Å². The SMILES string of the molecule is COc1ccc(C[C@H]2NC(=O)CNC2=O)cc1. The molecule has 1 saturated heterocycles. The van der Waals surface area contributed by atoms with Gasteiger partial charge in [-0.15, -0.1) is 0 Å². The Balaban J connectivity index is 2.03. The maximum absolute atomic E-state index is 11.5. The summed E-state index contributed by atoms with van der Waals surface area (Å²) >= 11 is 0. The van der Waals surface area contributed by atoms with Crippen LogP contribution in [0.4, 0.5) is 0 Å². The van der Waals surface area contributed by atoms with E-state index in [-0.39, 0.29) is 18.4 Å². The molecule has 1 heterocycles. The highest BCUT2D eigenvalue weighted by atomic mass is 16.5. The molecule has 0 unspecified atom stereocenters. The molecule has 1 aromatic rings. The summed E-state index contributed by atoms with van der Waals surface area (Å²) in [6, 6.07) is 6.94. The van der Waals surface area contributed by atoms with Crippen LogP contribution in [0.15, 0.2) is 24.3 Å². The van der Waals surface area contributed by atoms with Crippen LogP contribution in [-0.4, -0.2) is 31.5 Å². The minimum absolute atomic E-state index is 0.0674. The fourth-order valence-corrected chi connectivity index (χ4v) is 1.74. The molecule has 90 valence electrons. The van der Waals surface area contributed by atoms with E-state index in [2.05, 4.69) is 10.6 Å². The highest BCUT2D eigenvalue weighted by Gasteiger charge is 2.25. The highest BCUT2D eigenvalue weighted by Crippen LogP contribution is 2.13. The summed E-state index contributed by atoms with van der Waals surface area (Å²) in [6.07, 6.45) is 0.488. The predicted octanol–water partition coefficient (Wildman–Crippen LogP) is -0.148. The average molecular weight is 234 g/mol. The fourth-order valence-electron chi connectivity index (χ4n) is 1.74. The van der Waals surface area contributed by atoms with Crippen LogP contribution in [0.3, 0.4) is 0 Å². The monoisotopic (exact) mass is 234 g/mol. The van der Waals surface area contributed by atoms with Crippen molar-refractivity contribution in [2.45, 2.75) is 12.5 Å². The second kappa shape index (κ2) is 4.86. The number of carbonyl (C=O) groups excluding carboxylic acids is 2. The molecule has 1 atom stereocenters. The van der Waals surface area contributed by atoms with E-state index in [0.29, 0.717) is 6.42 Å². The first-order valence-electron chi connectivity index (χ1n) is 5.39. The number of rotatable bonds is 3. The molecule has 1 aromatic carbocycles. The van der Waals surface area contributed by atoms with Crippen molar-refractivity contribution in [2.75, 3.05) is 13.7 Å². The number of piperazine rings is 1. The zero-order chi connectivity index (χ0) is 12.3. The first kappa shape index (κ1) is 11.4. The zero-order valence-electron chi connectivity index (χ0n) is 9.53. The maximum Gasteiger partial charge on any atom is 0.243 e. The number of hydrogen-bond acceptors (Lipinski definition) is 3. The lowest BCUT2D eigenvalue weighted by atomic mass is 10.0. The van der Waals surface area contributed by atoms with Crippen molar-refractivity contribution in [1.29, 1.82) is 0 Å². The highest BCUT2D eigenvalue weighted by molar-refractivity contribution is 5.94. The van der Waals surface area contributed by atoms with Crippen molar-refractivity contribution in [1.82, 2.24) is 10.6 Å². The van der Waals surface area contributed by atoms with Crippen LogP contribution >= 0.6 is 0 Å². The van der Waals surface area contributed by atoms with Gasteiger partial charge in [0.25, 0.3) is 0 Å². The Hall–Kier alpha value is -2.04. The third-order valence-corrected chi connectivity index (χ3v) is 2.67. The second-order valence-corrected chi connectivity index (χ2v) is 3.89. The Morgan fingerprint density at radius 1 is 1.29 bits per heavy atom. The Labute approximate surface area is 99.2 Å². The van der Waals surface area contributed by atoms with E-state index in [0.717, 1.165) is 11.3 Å². The van der Waals surface area contributed by atoms with Crippen LogP contribution in [-0.2, 0) is 16.0 Å². The molecule has 1 aliphatic heterocycles. The molecule has 0 radical (unpaired) electrons. The van der Waals surface area contributed by atoms with E-state index in [1.807, 2.05) is 24.3 Å². The van der Waals surface area contributed by atoms with Gasteiger partial charge in [0.1, 0.15) is 11.8 Å². The smallest absolute Gasteiger partial charge is 0.243 e. The first-order chi connectivity index (χ1) is 8.19. The molecule has 0 aliphatic carbocycles. The third kappa shape index (κ3) is 2.75. The Morgan fingerprint density at radius 3 is 2.65 bits per heavy atom. The molecule has 2 rings (SSSR count). The molecular weight excluding hydrogens is 220 g/mol. The van der Waals surface area contributed by atoms with Crippen LogP contribution in [0.5, 0.6) is 5.75 Å². The van der Waals surface area contributed by atoms with Gasteiger partial charge in [-0.25, -0.2) is 0 Å².